The fraction of sp³-hybridized carbons (Fsp3) is 0.235. The Hall–Kier alpha value is -1.68. The van der Waals surface area contributed by atoms with E-state index < -0.39 is 0 Å². The fourth-order valence-corrected chi connectivity index (χ4v) is 2.38. The van der Waals surface area contributed by atoms with Crippen LogP contribution in [0.4, 0.5) is 4.39 Å². The number of hydrogen-bond donors (Lipinski definition) is 1. The molecule has 0 aliphatic carbocycles. The predicted molar refractivity (Wildman–Crippen MR) is 85.4 cm³/mol. The topological polar surface area (TPSA) is 29.1 Å². The summed E-state index contributed by atoms with van der Waals surface area (Å²) in [7, 11) is 0. The summed E-state index contributed by atoms with van der Waals surface area (Å²) in [5, 5.41) is 2.75. The van der Waals surface area contributed by atoms with Crippen LogP contribution in [0.2, 0.25) is 0 Å². The summed E-state index contributed by atoms with van der Waals surface area (Å²) in [5.74, 6) is -0.382. The molecule has 0 heterocycles. The number of amides is 1. The molecule has 0 fully saturated rings. The number of hydrogen-bond acceptors (Lipinski definition) is 1. The van der Waals surface area contributed by atoms with Crippen LogP contribution in [0.15, 0.2) is 46.9 Å². The summed E-state index contributed by atoms with van der Waals surface area (Å²) in [6, 6.07) is 12.8. The van der Waals surface area contributed by atoms with Crippen LogP contribution in [0.25, 0.3) is 0 Å². The zero-order valence-electron chi connectivity index (χ0n) is 11.8. The smallest absolute Gasteiger partial charge is 0.220 e. The first-order valence-electron chi connectivity index (χ1n) is 6.81. The Morgan fingerprint density at radius 2 is 1.90 bits per heavy atom. The fourth-order valence-electron chi connectivity index (χ4n) is 1.97. The summed E-state index contributed by atoms with van der Waals surface area (Å²) in [6.45, 7) is 2.24. The number of nitrogens with one attached hydrogen (secondary N) is 1. The zero-order chi connectivity index (χ0) is 15.2. The van der Waals surface area contributed by atoms with Crippen LogP contribution in [-0.2, 0) is 17.8 Å². The molecule has 4 heteroatoms. The van der Waals surface area contributed by atoms with Gasteiger partial charge in [0.1, 0.15) is 5.82 Å². The van der Waals surface area contributed by atoms with Gasteiger partial charge >= 0.3 is 0 Å². The minimum atomic E-state index is -0.308. The largest absolute Gasteiger partial charge is 0.352 e. The number of benzene rings is 2. The lowest BCUT2D eigenvalue weighted by molar-refractivity contribution is -0.121. The third kappa shape index (κ3) is 4.97. The van der Waals surface area contributed by atoms with Gasteiger partial charge in [-0.15, -0.1) is 0 Å². The standard InChI is InChI=1S/C17H17BrFNO/c1-12-2-4-13(5-3-12)6-9-17(21)20-11-14-10-15(18)7-8-16(14)19/h2-5,7-8,10H,6,9,11H2,1H3,(H,20,21). The average molecular weight is 350 g/mol. The molecule has 2 aromatic carbocycles. The summed E-state index contributed by atoms with van der Waals surface area (Å²) >= 11 is 3.29. The van der Waals surface area contributed by atoms with E-state index in [1.165, 1.54) is 11.6 Å². The maximum absolute atomic E-state index is 13.5. The average Bonchev–Trinajstić information content (AvgIpc) is 2.47. The van der Waals surface area contributed by atoms with Gasteiger partial charge in [0.15, 0.2) is 0 Å². The van der Waals surface area contributed by atoms with Crippen LogP contribution in [-0.4, -0.2) is 5.91 Å². The lowest BCUT2D eigenvalue weighted by Crippen LogP contribution is -2.23. The van der Waals surface area contributed by atoms with Crippen molar-refractivity contribution < 1.29 is 9.18 Å². The zero-order valence-corrected chi connectivity index (χ0v) is 13.4. The molecule has 110 valence electrons. The molecule has 0 aromatic heterocycles. The van der Waals surface area contributed by atoms with Crippen molar-refractivity contribution >= 4 is 21.8 Å². The van der Waals surface area contributed by atoms with Gasteiger partial charge in [0.05, 0.1) is 0 Å². The quantitative estimate of drug-likeness (QED) is 0.863. The van der Waals surface area contributed by atoms with Gasteiger partial charge in [0.25, 0.3) is 0 Å². The minimum absolute atomic E-state index is 0.0741. The summed E-state index contributed by atoms with van der Waals surface area (Å²) in [6.07, 6.45) is 1.09. The van der Waals surface area contributed by atoms with Crippen LogP contribution < -0.4 is 5.32 Å². The van der Waals surface area contributed by atoms with Gasteiger partial charge < -0.3 is 5.32 Å². The second kappa shape index (κ2) is 7.36. The van der Waals surface area contributed by atoms with Gasteiger partial charge in [-0.3, -0.25) is 4.79 Å². The van der Waals surface area contributed by atoms with E-state index in [1.54, 1.807) is 12.1 Å². The van der Waals surface area contributed by atoms with Crippen molar-refractivity contribution in [2.75, 3.05) is 0 Å². The van der Waals surface area contributed by atoms with E-state index in [1.807, 2.05) is 31.2 Å². The highest BCUT2D eigenvalue weighted by molar-refractivity contribution is 9.10. The molecular formula is C17H17BrFNO. The SMILES string of the molecule is Cc1ccc(CCC(=O)NCc2cc(Br)ccc2F)cc1. The number of aryl methyl sites for hydroxylation is 2. The lowest BCUT2D eigenvalue weighted by Gasteiger charge is -2.07. The van der Waals surface area contributed by atoms with Crippen molar-refractivity contribution in [2.24, 2.45) is 0 Å². The van der Waals surface area contributed by atoms with Gasteiger partial charge in [-0.05, 0) is 37.1 Å². The number of rotatable bonds is 5. The van der Waals surface area contributed by atoms with Crippen LogP contribution >= 0.6 is 15.9 Å². The minimum Gasteiger partial charge on any atom is -0.352 e. The first-order chi connectivity index (χ1) is 10.0. The summed E-state index contributed by atoms with van der Waals surface area (Å²) < 4.78 is 14.3. The Labute approximate surface area is 132 Å². The monoisotopic (exact) mass is 349 g/mol. The summed E-state index contributed by atoms with van der Waals surface area (Å²) in [5.41, 5.74) is 2.81. The third-order valence-electron chi connectivity index (χ3n) is 3.25. The second-order valence-corrected chi connectivity index (χ2v) is 5.91. The predicted octanol–water partition coefficient (Wildman–Crippen LogP) is 4.15. The molecule has 0 saturated carbocycles. The van der Waals surface area contributed by atoms with Gasteiger partial charge in [0.2, 0.25) is 5.91 Å². The van der Waals surface area contributed by atoms with Gasteiger partial charge in [-0.25, -0.2) is 4.39 Å². The molecule has 0 spiro atoms. The molecule has 1 amide bonds. The molecule has 0 bridgehead atoms. The van der Waals surface area contributed by atoms with Crippen LogP contribution in [0.3, 0.4) is 0 Å². The Kier molecular flexibility index (Phi) is 5.51. The van der Waals surface area contributed by atoms with Crippen molar-refractivity contribution in [1.29, 1.82) is 0 Å². The first-order valence-corrected chi connectivity index (χ1v) is 7.60. The Morgan fingerprint density at radius 3 is 2.62 bits per heavy atom. The number of carbonyl (C=O) groups is 1. The highest BCUT2D eigenvalue weighted by Crippen LogP contribution is 2.15. The Bertz CT molecular complexity index is 625. The Morgan fingerprint density at radius 1 is 1.19 bits per heavy atom. The molecule has 0 aliphatic heterocycles. The second-order valence-electron chi connectivity index (χ2n) is 5.00. The Balaban J connectivity index is 1.82. The van der Waals surface area contributed by atoms with E-state index in [0.717, 1.165) is 10.0 Å². The number of carbonyl (C=O) groups excluding carboxylic acids is 1. The first kappa shape index (κ1) is 15.7. The molecule has 0 radical (unpaired) electrons. The van der Waals surface area contributed by atoms with E-state index in [2.05, 4.69) is 21.2 Å². The van der Waals surface area contributed by atoms with Crippen LogP contribution in [0.1, 0.15) is 23.1 Å². The van der Waals surface area contributed by atoms with E-state index in [4.69, 9.17) is 0 Å². The van der Waals surface area contributed by atoms with E-state index >= 15 is 0 Å². The molecule has 2 rings (SSSR count). The van der Waals surface area contributed by atoms with E-state index in [-0.39, 0.29) is 18.3 Å². The molecule has 0 aliphatic rings. The maximum atomic E-state index is 13.5. The van der Waals surface area contributed by atoms with Gasteiger partial charge in [-0.2, -0.15) is 0 Å². The van der Waals surface area contributed by atoms with Crippen molar-refractivity contribution in [1.82, 2.24) is 5.32 Å². The van der Waals surface area contributed by atoms with Crippen molar-refractivity contribution in [3.8, 4) is 0 Å². The normalized spacial score (nSPS) is 10.4. The lowest BCUT2D eigenvalue weighted by atomic mass is 10.1. The van der Waals surface area contributed by atoms with Gasteiger partial charge in [-0.1, -0.05) is 45.8 Å². The molecule has 21 heavy (non-hydrogen) atoms. The van der Waals surface area contributed by atoms with Crippen LogP contribution in [0.5, 0.6) is 0 Å². The maximum Gasteiger partial charge on any atom is 0.220 e. The van der Waals surface area contributed by atoms with Crippen molar-refractivity contribution in [3.63, 3.8) is 0 Å². The third-order valence-corrected chi connectivity index (χ3v) is 3.74. The molecule has 0 saturated heterocycles. The van der Waals surface area contributed by atoms with Gasteiger partial charge in [0, 0.05) is 23.0 Å². The molecule has 0 atom stereocenters. The molecular weight excluding hydrogens is 333 g/mol. The molecule has 0 unspecified atom stereocenters. The van der Waals surface area contributed by atoms with Crippen LogP contribution in [0, 0.1) is 12.7 Å². The van der Waals surface area contributed by atoms with E-state index in [0.29, 0.717) is 18.4 Å². The number of halogens is 2. The highest BCUT2D eigenvalue weighted by atomic mass is 79.9. The molecule has 2 aromatic rings. The molecule has 2 nitrogen and oxygen atoms in total. The highest BCUT2D eigenvalue weighted by Gasteiger charge is 2.06. The summed E-state index contributed by atoms with van der Waals surface area (Å²) in [4.78, 5) is 11.8. The van der Waals surface area contributed by atoms with E-state index in [9.17, 15) is 9.18 Å². The van der Waals surface area contributed by atoms with Crippen molar-refractivity contribution in [3.05, 3.63) is 69.4 Å². The molecule has 1 N–H and O–H groups in total. The van der Waals surface area contributed by atoms with Crippen molar-refractivity contribution in [2.45, 2.75) is 26.3 Å².